The molecule has 3 heterocycles. The van der Waals surface area contributed by atoms with E-state index in [2.05, 4.69) is 0 Å². The molecule has 0 bridgehead atoms. The first-order valence-electron chi connectivity index (χ1n) is 11.5. The van der Waals surface area contributed by atoms with Gasteiger partial charge in [0.05, 0.1) is 33.3 Å². The van der Waals surface area contributed by atoms with E-state index >= 15 is 0 Å². The Morgan fingerprint density at radius 1 is 0.865 bits per heavy atom. The second-order valence-corrected chi connectivity index (χ2v) is 8.56. The highest BCUT2D eigenvalue weighted by molar-refractivity contribution is 6.15. The maximum absolute atomic E-state index is 13.4. The number of benzene rings is 3. The third-order valence-electron chi connectivity index (χ3n) is 6.58. The van der Waals surface area contributed by atoms with Crippen LogP contribution in [0.4, 0.5) is 0 Å². The Kier molecular flexibility index (Phi) is 5.40. The van der Waals surface area contributed by atoms with Gasteiger partial charge in [-0.05, 0) is 42.0 Å². The second kappa shape index (κ2) is 8.77. The third kappa shape index (κ3) is 3.62. The first-order valence-corrected chi connectivity index (χ1v) is 11.5. The normalized spacial score (nSPS) is 18.1. The molecule has 6 rings (SSSR count). The van der Waals surface area contributed by atoms with Crippen LogP contribution in [0.5, 0.6) is 40.2 Å². The fourth-order valence-corrected chi connectivity index (χ4v) is 4.91. The van der Waals surface area contributed by atoms with Gasteiger partial charge in [-0.15, -0.1) is 0 Å². The number of Topliss-reactive ketones (excluding diaryl/α,β-unsaturated/α-hetero) is 1. The van der Waals surface area contributed by atoms with Crippen LogP contribution in [-0.4, -0.2) is 39.9 Å². The van der Waals surface area contributed by atoms with E-state index < -0.39 is 11.9 Å². The van der Waals surface area contributed by atoms with Gasteiger partial charge < -0.3 is 33.2 Å². The fraction of sp³-hybridized carbons (Fsp3) is 0.214. The number of ether oxygens (including phenoxy) is 7. The van der Waals surface area contributed by atoms with Crippen LogP contribution in [-0.2, 0) is 4.79 Å². The van der Waals surface area contributed by atoms with Gasteiger partial charge in [0.15, 0.2) is 28.8 Å². The molecule has 0 aromatic heterocycles. The SMILES string of the molecule is COc1cccc(C=C2Oc3c(ccc4c3C(c3cc(OC)c5c(c3)OCO5)CC(=O)O4)C2=O)c1OC. The van der Waals surface area contributed by atoms with Crippen molar-refractivity contribution in [2.45, 2.75) is 12.3 Å². The summed E-state index contributed by atoms with van der Waals surface area (Å²) in [7, 11) is 4.61. The molecule has 9 heteroatoms. The van der Waals surface area contributed by atoms with E-state index in [1.165, 1.54) is 14.2 Å². The maximum Gasteiger partial charge on any atom is 0.312 e. The molecule has 0 radical (unpaired) electrons. The molecule has 3 aromatic rings. The van der Waals surface area contributed by atoms with E-state index in [9.17, 15) is 9.59 Å². The van der Waals surface area contributed by atoms with Gasteiger partial charge in [0, 0.05) is 17.0 Å². The number of methoxy groups -OCH3 is 3. The van der Waals surface area contributed by atoms with Crippen LogP contribution in [0.1, 0.15) is 39.4 Å². The number of hydrogen-bond acceptors (Lipinski definition) is 9. The summed E-state index contributed by atoms with van der Waals surface area (Å²) in [5, 5.41) is 0. The van der Waals surface area contributed by atoms with Crippen molar-refractivity contribution in [3.05, 3.63) is 70.5 Å². The van der Waals surface area contributed by atoms with Gasteiger partial charge in [-0.1, -0.05) is 12.1 Å². The Labute approximate surface area is 212 Å². The molecule has 37 heavy (non-hydrogen) atoms. The highest BCUT2D eigenvalue weighted by Crippen LogP contribution is 2.52. The van der Waals surface area contributed by atoms with Gasteiger partial charge in [-0.2, -0.15) is 0 Å². The highest BCUT2D eigenvalue weighted by Gasteiger charge is 2.39. The third-order valence-corrected chi connectivity index (χ3v) is 6.58. The van der Waals surface area contributed by atoms with Crippen molar-refractivity contribution in [2.24, 2.45) is 0 Å². The zero-order valence-corrected chi connectivity index (χ0v) is 20.3. The van der Waals surface area contributed by atoms with Gasteiger partial charge in [-0.3, -0.25) is 9.59 Å². The predicted octanol–water partition coefficient (Wildman–Crippen LogP) is 4.50. The summed E-state index contributed by atoms with van der Waals surface area (Å²) >= 11 is 0. The first-order chi connectivity index (χ1) is 18.0. The standard InChI is InChI=1S/C28H22O9/c1-31-19-6-4-5-14(26(19)33-3)9-20-25(30)16-7-8-18-24(27(16)37-20)17(12-23(29)36-18)15-10-21(32-2)28-22(11-15)34-13-35-28/h4-11,17H,12-13H2,1-3H3. The van der Waals surface area contributed by atoms with Crippen molar-refractivity contribution < 1.29 is 42.7 Å². The lowest BCUT2D eigenvalue weighted by atomic mass is 9.84. The molecule has 0 amide bonds. The minimum absolute atomic E-state index is 0.0482. The number of allylic oxidation sites excluding steroid dienone is 1. The molecule has 1 atom stereocenters. The van der Waals surface area contributed by atoms with Crippen molar-refractivity contribution in [2.75, 3.05) is 28.1 Å². The zero-order chi connectivity index (χ0) is 25.7. The van der Waals surface area contributed by atoms with Crippen LogP contribution in [0.15, 0.2) is 48.2 Å². The van der Waals surface area contributed by atoms with E-state index in [4.69, 9.17) is 33.2 Å². The smallest absolute Gasteiger partial charge is 0.312 e. The van der Waals surface area contributed by atoms with Gasteiger partial charge in [-0.25, -0.2) is 0 Å². The molecule has 3 aliphatic heterocycles. The summed E-state index contributed by atoms with van der Waals surface area (Å²) in [6.45, 7) is 0.0767. The number of esters is 1. The van der Waals surface area contributed by atoms with Crippen molar-refractivity contribution in [3.63, 3.8) is 0 Å². The summed E-state index contributed by atoms with van der Waals surface area (Å²) < 4.78 is 39.2. The molecule has 0 fully saturated rings. The average Bonchev–Trinajstić information content (AvgIpc) is 3.51. The van der Waals surface area contributed by atoms with Crippen LogP contribution in [0.25, 0.3) is 6.08 Å². The van der Waals surface area contributed by atoms with Gasteiger partial charge in [0.25, 0.3) is 0 Å². The highest BCUT2D eigenvalue weighted by atomic mass is 16.7. The lowest BCUT2D eigenvalue weighted by molar-refractivity contribution is -0.135. The summed E-state index contributed by atoms with van der Waals surface area (Å²) in [5.41, 5.74) is 2.35. The molecular weight excluding hydrogens is 480 g/mol. The summed E-state index contributed by atoms with van der Waals surface area (Å²) in [6, 6.07) is 12.2. The number of carbonyl (C=O) groups excluding carboxylic acids is 2. The minimum atomic E-state index is -0.465. The van der Waals surface area contributed by atoms with Crippen LogP contribution >= 0.6 is 0 Å². The maximum atomic E-state index is 13.4. The summed E-state index contributed by atoms with van der Waals surface area (Å²) in [5.74, 6) is 2.18. The quantitative estimate of drug-likeness (QED) is 0.284. The largest absolute Gasteiger partial charge is 0.493 e. The zero-order valence-electron chi connectivity index (χ0n) is 20.3. The summed E-state index contributed by atoms with van der Waals surface area (Å²) in [6.07, 6.45) is 1.66. The van der Waals surface area contributed by atoms with E-state index in [1.807, 2.05) is 6.07 Å². The Bertz CT molecular complexity index is 1490. The van der Waals surface area contributed by atoms with E-state index in [1.54, 1.807) is 49.6 Å². The molecule has 0 N–H and O–H groups in total. The van der Waals surface area contributed by atoms with Crippen molar-refractivity contribution in [3.8, 4) is 40.2 Å². The Balaban J connectivity index is 1.46. The van der Waals surface area contributed by atoms with E-state index in [-0.39, 0.29) is 24.8 Å². The minimum Gasteiger partial charge on any atom is -0.493 e. The molecule has 3 aliphatic rings. The number of hydrogen-bond donors (Lipinski definition) is 0. The predicted molar refractivity (Wildman–Crippen MR) is 130 cm³/mol. The van der Waals surface area contributed by atoms with Crippen LogP contribution < -0.4 is 33.2 Å². The number of ketones is 1. The van der Waals surface area contributed by atoms with E-state index in [0.29, 0.717) is 56.9 Å². The number of para-hydroxylation sites is 1. The van der Waals surface area contributed by atoms with Crippen molar-refractivity contribution in [1.82, 2.24) is 0 Å². The Morgan fingerprint density at radius 3 is 2.49 bits per heavy atom. The molecule has 1 unspecified atom stereocenters. The monoisotopic (exact) mass is 502 g/mol. The van der Waals surface area contributed by atoms with Crippen LogP contribution in [0.2, 0.25) is 0 Å². The first kappa shape index (κ1) is 22.8. The molecule has 188 valence electrons. The molecular formula is C28H22O9. The van der Waals surface area contributed by atoms with Gasteiger partial charge in [0.2, 0.25) is 18.3 Å². The van der Waals surface area contributed by atoms with Crippen LogP contribution in [0, 0.1) is 0 Å². The fourth-order valence-electron chi connectivity index (χ4n) is 4.91. The number of fused-ring (bicyclic) bond motifs is 4. The topological polar surface area (TPSA) is 98.8 Å². The second-order valence-electron chi connectivity index (χ2n) is 8.56. The van der Waals surface area contributed by atoms with Crippen molar-refractivity contribution >= 4 is 17.8 Å². The lowest BCUT2D eigenvalue weighted by Gasteiger charge is -2.26. The number of carbonyl (C=O) groups is 2. The molecule has 0 aliphatic carbocycles. The lowest BCUT2D eigenvalue weighted by Crippen LogP contribution is -2.21. The average molecular weight is 502 g/mol. The van der Waals surface area contributed by atoms with Gasteiger partial charge in [0.1, 0.15) is 11.5 Å². The van der Waals surface area contributed by atoms with Crippen LogP contribution in [0.3, 0.4) is 0 Å². The Hall–Kier alpha value is -4.66. The van der Waals surface area contributed by atoms with Crippen molar-refractivity contribution in [1.29, 1.82) is 0 Å². The Morgan fingerprint density at radius 2 is 1.70 bits per heavy atom. The van der Waals surface area contributed by atoms with E-state index in [0.717, 1.165) is 5.56 Å². The number of rotatable bonds is 5. The molecule has 3 aromatic carbocycles. The molecule has 0 spiro atoms. The molecule has 0 saturated heterocycles. The molecule has 9 nitrogen and oxygen atoms in total. The molecule has 0 saturated carbocycles. The van der Waals surface area contributed by atoms with Gasteiger partial charge >= 0.3 is 5.97 Å². The summed E-state index contributed by atoms with van der Waals surface area (Å²) in [4.78, 5) is 25.9.